The Morgan fingerprint density at radius 2 is 2.12 bits per heavy atom. The van der Waals surface area contributed by atoms with Crippen molar-refractivity contribution in [3.8, 4) is 0 Å². The number of hydrogen-bond acceptors (Lipinski definition) is 3. The van der Waals surface area contributed by atoms with Crippen molar-refractivity contribution < 1.29 is 14.3 Å². The number of amides is 2. The lowest BCUT2D eigenvalue weighted by Gasteiger charge is -2.36. The molecule has 1 saturated heterocycles. The first-order valence-electron chi connectivity index (χ1n) is 8.53. The van der Waals surface area contributed by atoms with Gasteiger partial charge in [-0.1, -0.05) is 18.2 Å². The van der Waals surface area contributed by atoms with E-state index in [0.29, 0.717) is 19.8 Å². The Morgan fingerprint density at radius 3 is 2.92 bits per heavy atom. The number of carbonyl (C=O) groups excluding carboxylic acids is 2. The Hall–Kier alpha value is -2.60. The van der Waals surface area contributed by atoms with E-state index in [1.165, 1.54) is 0 Å². The van der Waals surface area contributed by atoms with E-state index in [-0.39, 0.29) is 24.3 Å². The van der Waals surface area contributed by atoms with Crippen LogP contribution in [0.3, 0.4) is 0 Å². The first-order valence-corrected chi connectivity index (χ1v) is 8.53. The summed E-state index contributed by atoms with van der Waals surface area (Å²) in [5, 5.41) is 2.87. The standard InChI is InChI=1S/C19H21N3O3/c1-21-8-4-7-16(21)17-12-25-10-9-22(17)18(23)11-14-13-5-2-3-6-15(13)20-19(14)24/h2-8,14,17H,9-12H2,1H3,(H,20,24)/t14-,17+/m1/s1. The fourth-order valence-corrected chi connectivity index (χ4v) is 3.74. The van der Waals surface area contributed by atoms with Gasteiger partial charge in [0.05, 0.1) is 25.2 Å². The van der Waals surface area contributed by atoms with Crippen molar-refractivity contribution in [3.63, 3.8) is 0 Å². The van der Waals surface area contributed by atoms with Crippen LogP contribution in [0.1, 0.15) is 29.6 Å². The Bertz CT molecular complexity index is 814. The summed E-state index contributed by atoms with van der Waals surface area (Å²) in [5.41, 5.74) is 2.76. The fraction of sp³-hybridized carbons (Fsp3) is 0.368. The third-order valence-electron chi connectivity index (χ3n) is 5.06. The molecule has 0 bridgehead atoms. The largest absolute Gasteiger partial charge is 0.377 e. The molecule has 0 spiro atoms. The van der Waals surface area contributed by atoms with Gasteiger partial charge in [0.25, 0.3) is 0 Å². The van der Waals surface area contributed by atoms with E-state index in [2.05, 4.69) is 5.32 Å². The van der Waals surface area contributed by atoms with Crippen molar-refractivity contribution >= 4 is 17.5 Å². The number of para-hydroxylation sites is 1. The summed E-state index contributed by atoms with van der Waals surface area (Å²) in [5.74, 6) is -0.523. The van der Waals surface area contributed by atoms with Gasteiger partial charge in [-0.15, -0.1) is 0 Å². The molecule has 0 radical (unpaired) electrons. The van der Waals surface area contributed by atoms with E-state index in [4.69, 9.17) is 4.74 Å². The summed E-state index contributed by atoms with van der Waals surface area (Å²) in [6, 6.07) is 11.4. The van der Waals surface area contributed by atoms with Crippen molar-refractivity contribution in [2.75, 3.05) is 25.1 Å². The minimum Gasteiger partial charge on any atom is -0.377 e. The molecular weight excluding hydrogens is 318 g/mol. The van der Waals surface area contributed by atoms with Gasteiger partial charge in [0.2, 0.25) is 11.8 Å². The van der Waals surface area contributed by atoms with Gasteiger partial charge < -0.3 is 19.5 Å². The molecule has 0 saturated carbocycles. The smallest absolute Gasteiger partial charge is 0.232 e. The van der Waals surface area contributed by atoms with Crippen molar-refractivity contribution in [2.24, 2.45) is 7.05 Å². The predicted molar refractivity (Wildman–Crippen MR) is 93.1 cm³/mol. The maximum absolute atomic E-state index is 13.0. The van der Waals surface area contributed by atoms with Crippen LogP contribution in [-0.2, 0) is 21.4 Å². The third-order valence-corrected chi connectivity index (χ3v) is 5.06. The minimum absolute atomic E-state index is 0.00801. The lowest BCUT2D eigenvalue weighted by molar-refractivity contribution is -0.142. The Balaban J connectivity index is 1.56. The normalized spacial score (nSPS) is 22.6. The molecule has 1 aromatic heterocycles. The molecule has 2 amide bonds. The van der Waals surface area contributed by atoms with Gasteiger partial charge in [0, 0.05) is 37.6 Å². The van der Waals surface area contributed by atoms with Crippen LogP contribution in [0.15, 0.2) is 42.6 Å². The maximum Gasteiger partial charge on any atom is 0.232 e. The van der Waals surface area contributed by atoms with Gasteiger partial charge in [-0.3, -0.25) is 9.59 Å². The van der Waals surface area contributed by atoms with Crippen LogP contribution in [0, 0.1) is 0 Å². The molecule has 25 heavy (non-hydrogen) atoms. The summed E-state index contributed by atoms with van der Waals surface area (Å²) >= 11 is 0. The number of nitrogens with zero attached hydrogens (tertiary/aromatic N) is 2. The second-order valence-corrected chi connectivity index (χ2v) is 6.56. The lowest BCUT2D eigenvalue weighted by Crippen LogP contribution is -2.44. The van der Waals surface area contributed by atoms with Crippen LogP contribution < -0.4 is 5.32 Å². The molecule has 1 N–H and O–H groups in total. The van der Waals surface area contributed by atoms with E-state index in [1.807, 2.05) is 59.1 Å². The zero-order valence-corrected chi connectivity index (χ0v) is 14.1. The number of hydrogen-bond donors (Lipinski definition) is 1. The second-order valence-electron chi connectivity index (χ2n) is 6.56. The van der Waals surface area contributed by atoms with Crippen LogP contribution in [-0.4, -0.2) is 41.0 Å². The van der Waals surface area contributed by atoms with E-state index in [0.717, 1.165) is 16.9 Å². The van der Waals surface area contributed by atoms with Crippen LogP contribution in [0.25, 0.3) is 0 Å². The molecule has 6 heteroatoms. The lowest BCUT2D eigenvalue weighted by atomic mass is 9.96. The average Bonchev–Trinajstić information content (AvgIpc) is 3.18. The number of aryl methyl sites for hydroxylation is 1. The highest BCUT2D eigenvalue weighted by Crippen LogP contribution is 2.35. The molecular formula is C19H21N3O3. The molecule has 2 aliphatic rings. The topological polar surface area (TPSA) is 63.6 Å². The Kier molecular flexibility index (Phi) is 4.05. The summed E-state index contributed by atoms with van der Waals surface area (Å²) in [6.45, 7) is 1.56. The number of morpholine rings is 1. The SMILES string of the molecule is Cn1cccc1[C@@H]1COCCN1C(=O)C[C@H]1C(=O)Nc2ccccc21. The first kappa shape index (κ1) is 15.9. The number of carbonyl (C=O) groups is 2. The number of anilines is 1. The number of fused-ring (bicyclic) bond motifs is 1. The first-order chi connectivity index (χ1) is 12.1. The second kappa shape index (κ2) is 6.37. The number of ether oxygens (including phenoxy) is 1. The maximum atomic E-state index is 13.0. The van der Waals surface area contributed by atoms with Gasteiger partial charge in [-0.25, -0.2) is 0 Å². The highest BCUT2D eigenvalue weighted by molar-refractivity contribution is 6.04. The quantitative estimate of drug-likeness (QED) is 0.931. The van der Waals surface area contributed by atoms with Crippen molar-refractivity contribution in [2.45, 2.75) is 18.4 Å². The monoisotopic (exact) mass is 339 g/mol. The van der Waals surface area contributed by atoms with E-state index >= 15 is 0 Å². The Labute approximate surface area is 146 Å². The zero-order chi connectivity index (χ0) is 17.4. The van der Waals surface area contributed by atoms with Crippen LogP contribution in [0.4, 0.5) is 5.69 Å². The molecule has 1 fully saturated rings. The number of rotatable bonds is 3. The summed E-state index contributed by atoms with van der Waals surface area (Å²) < 4.78 is 7.61. The predicted octanol–water partition coefficient (Wildman–Crippen LogP) is 2.05. The summed E-state index contributed by atoms with van der Waals surface area (Å²) in [7, 11) is 1.97. The van der Waals surface area contributed by atoms with Crippen LogP contribution in [0.2, 0.25) is 0 Å². The van der Waals surface area contributed by atoms with Gasteiger partial charge in [0.15, 0.2) is 0 Å². The van der Waals surface area contributed by atoms with Crippen LogP contribution >= 0.6 is 0 Å². The van der Waals surface area contributed by atoms with Gasteiger partial charge in [-0.05, 0) is 23.8 Å². The van der Waals surface area contributed by atoms with Crippen molar-refractivity contribution in [1.82, 2.24) is 9.47 Å². The number of benzene rings is 1. The number of aromatic nitrogens is 1. The van der Waals surface area contributed by atoms with E-state index in [9.17, 15) is 9.59 Å². The third kappa shape index (κ3) is 2.82. The molecule has 0 unspecified atom stereocenters. The molecule has 4 rings (SSSR count). The summed E-state index contributed by atoms with van der Waals surface area (Å²) in [6.07, 6.45) is 2.15. The molecule has 3 heterocycles. The fourth-order valence-electron chi connectivity index (χ4n) is 3.74. The highest BCUT2D eigenvalue weighted by Gasteiger charge is 2.36. The highest BCUT2D eigenvalue weighted by atomic mass is 16.5. The Morgan fingerprint density at radius 1 is 1.28 bits per heavy atom. The van der Waals surface area contributed by atoms with Crippen molar-refractivity contribution in [1.29, 1.82) is 0 Å². The molecule has 1 aromatic carbocycles. The minimum atomic E-state index is -0.416. The molecule has 2 atom stereocenters. The average molecular weight is 339 g/mol. The van der Waals surface area contributed by atoms with Gasteiger partial charge >= 0.3 is 0 Å². The molecule has 130 valence electrons. The van der Waals surface area contributed by atoms with E-state index in [1.54, 1.807) is 0 Å². The summed E-state index contributed by atoms with van der Waals surface area (Å²) in [4.78, 5) is 27.2. The van der Waals surface area contributed by atoms with Crippen LogP contribution in [0.5, 0.6) is 0 Å². The van der Waals surface area contributed by atoms with Gasteiger partial charge in [-0.2, -0.15) is 0 Å². The molecule has 2 aliphatic heterocycles. The van der Waals surface area contributed by atoms with Crippen molar-refractivity contribution in [3.05, 3.63) is 53.9 Å². The molecule has 2 aromatic rings. The van der Waals surface area contributed by atoms with E-state index < -0.39 is 5.92 Å². The number of nitrogens with one attached hydrogen (secondary N) is 1. The molecule has 6 nitrogen and oxygen atoms in total. The van der Waals surface area contributed by atoms with Gasteiger partial charge in [0.1, 0.15) is 0 Å². The molecule has 0 aliphatic carbocycles. The zero-order valence-electron chi connectivity index (χ0n) is 14.1.